The summed E-state index contributed by atoms with van der Waals surface area (Å²) in [6.45, 7) is 19.1. The number of carbonyl (C=O) groups is 2. The van der Waals surface area contributed by atoms with Crippen molar-refractivity contribution < 1.29 is 14.7 Å². The van der Waals surface area contributed by atoms with Gasteiger partial charge < -0.3 is 15.2 Å². The van der Waals surface area contributed by atoms with E-state index in [1.54, 1.807) is 12.1 Å². The minimum absolute atomic E-state index is 0.0116. The molecule has 0 spiro atoms. The van der Waals surface area contributed by atoms with Gasteiger partial charge in [-0.15, -0.1) is 0 Å². The number of benzene rings is 1. The lowest BCUT2D eigenvalue weighted by atomic mass is 9.67. The number of hydrogen-bond acceptors (Lipinski definition) is 5. The maximum Gasteiger partial charge on any atom is 0.335 e. The van der Waals surface area contributed by atoms with Crippen molar-refractivity contribution in [1.29, 1.82) is 0 Å². The molecule has 1 aromatic carbocycles. The highest BCUT2D eigenvalue weighted by Gasteiger charge is 2.39. The molecular formula is C31H53N3O3. The largest absolute Gasteiger partial charge is 0.478 e. The molecule has 1 saturated heterocycles. The van der Waals surface area contributed by atoms with E-state index in [0.29, 0.717) is 16.9 Å². The lowest BCUT2D eigenvalue weighted by molar-refractivity contribution is -0.0980. The molecule has 3 rings (SSSR count). The molecule has 0 amide bonds. The van der Waals surface area contributed by atoms with Crippen molar-refractivity contribution in [3.8, 4) is 0 Å². The fourth-order valence-electron chi connectivity index (χ4n) is 5.35. The number of nitrogens with one attached hydrogen (secondary N) is 1. The summed E-state index contributed by atoms with van der Waals surface area (Å²) in [7, 11) is 2.22. The molecule has 1 aliphatic heterocycles. The van der Waals surface area contributed by atoms with Crippen LogP contribution in [-0.2, 0) is 4.79 Å². The number of aliphatic imine (C=N–C) groups is 1. The van der Waals surface area contributed by atoms with Crippen LogP contribution in [-0.4, -0.2) is 61.2 Å². The summed E-state index contributed by atoms with van der Waals surface area (Å²) in [6, 6.07) is 7.74. The number of carboxylic acid groups (broad SMARTS) is 1. The van der Waals surface area contributed by atoms with Gasteiger partial charge in [-0.2, -0.15) is 0 Å². The maximum atomic E-state index is 11.3. The molecule has 2 N–H and O–H groups in total. The zero-order valence-electron chi connectivity index (χ0n) is 24.6. The van der Waals surface area contributed by atoms with Gasteiger partial charge in [0.15, 0.2) is 0 Å². The van der Waals surface area contributed by atoms with E-state index in [1.165, 1.54) is 37.9 Å². The number of hydrogen-bond donors (Lipinski definition) is 2. The first-order valence-electron chi connectivity index (χ1n) is 14.0. The van der Waals surface area contributed by atoms with Crippen molar-refractivity contribution in [2.45, 2.75) is 98.1 Å². The van der Waals surface area contributed by atoms with Crippen LogP contribution in [0.15, 0.2) is 29.3 Å². The molecule has 2 fully saturated rings. The summed E-state index contributed by atoms with van der Waals surface area (Å²) in [5.41, 5.74) is 1.90. The number of nitrogens with zero attached hydrogens (tertiary/aromatic N) is 2. The third kappa shape index (κ3) is 11.1. The van der Waals surface area contributed by atoms with Gasteiger partial charge in [0, 0.05) is 12.6 Å². The lowest BCUT2D eigenvalue weighted by Gasteiger charge is -2.45. The van der Waals surface area contributed by atoms with Crippen molar-refractivity contribution in [3.05, 3.63) is 35.4 Å². The second kappa shape index (κ2) is 16.0. The molecule has 2 aliphatic rings. The number of rotatable bonds is 9. The second-order valence-electron chi connectivity index (χ2n) is 12.2. The van der Waals surface area contributed by atoms with Gasteiger partial charge in [0.1, 0.15) is 6.79 Å². The molecule has 1 unspecified atom stereocenters. The van der Waals surface area contributed by atoms with Crippen LogP contribution in [0.2, 0.25) is 0 Å². The van der Waals surface area contributed by atoms with Gasteiger partial charge >= 0.3 is 5.97 Å². The summed E-state index contributed by atoms with van der Waals surface area (Å²) in [5, 5.41) is 12.4. The zero-order valence-corrected chi connectivity index (χ0v) is 24.6. The first-order chi connectivity index (χ1) is 17.5. The van der Waals surface area contributed by atoms with Crippen LogP contribution in [0.25, 0.3) is 0 Å². The van der Waals surface area contributed by atoms with Gasteiger partial charge in [-0.05, 0) is 113 Å². The average molecular weight is 516 g/mol. The number of likely N-dealkylation sites (N-methyl/N-ethyl adjacent to an activating group) is 1. The van der Waals surface area contributed by atoms with Gasteiger partial charge in [0.2, 0.25) is 0 Å². The molecule has 1 aromatic rings. The van der Waals surface area contributed by atoms with E-state index < -0.39 is 5.97 Å². The summed E-state index contributed by atoms with van der Waals surface area (Å²) >= 11 is 0. The highest BCUT2D eigenvalue weighted by atomic mass is 16.4. The van der Waals surface area contributed by atoms with Crippen molar-refractivity contribution in [2.24, 2.45) is 22.2 Å². The van der Waals surface area contributed by atoms with Gasteiger partial charge in [-0.1, -0.05) is 46.8 Å². The van der Waals surface area contributed by atoms with Crippen molar-refractivity contribution in [3.63, 3.8) is 0 Å². The molecule has 0 bridgehead atoms. The van der Waals surface area contributed by atoms with Crippen LogP contribution in [0, 0.1) is 17.3 Å². The predicted molar refractivity (Wildman–Crippen MR) is 156 cm³/mol. The fraction of sp³-hybridized carbons (Fsp3) is 0.710. The molecule has 6 nitrogen and oxygen atoms in total. The Balaban J connectivity index is 0.00000101. The molecular weight excluding hydrogens is 462 g/mol. The number of carboxylic acids is 1. The third-order valence-corrected chi connectivity index (χ3v) is 7.89. The third-order valence-electron chi connectivity index (χ3n) is 7.89. The van der Waals surface area contributed by atoms with Crippen LogP contribution < -0.4 is 5.32 Å². The molecule has 1 atom stereocenters. The van der Waals surface area contributed by atoms with Crippen LogP contribution in [0.5, 0.6) is 0 Å². The van der Waals surface area contributed by atoms with Gasteiger partial charge in [-0.25, -0.2) is 4.79 Å². The molecule has 210 valence electrons. The van der Waals surface area contributed by atoms with E-state index in [2.05, 4.69) is 51.9 Å². The van der Waals surface area contributed by atoms with E-state index in [-0.39, 0.29) is 11.6 Å². The SMILES string of the molecule is C1CNC1.C=O.CC=NC1(CN(C)C(CCC(C)C)c2ccc(C(=O)O)cc2)CCC(C(C)(C)C)CC1. The summed E-state index contributed by atoms with van der Waals surface area (Å²) < 4.78 is 0. The van der Waals surface area contributed by atoms with E-state index in [9.17, 15) is 9.90 Å². The Bertz CT molecular complexity index is 798. The molecule has 0 radical (unpaired) electrons. The van der Waals surface area contributed by atoms with E-state index in [1.807, 2.05) is 32.1 Å². The Morgan fingerprint density at radius 2 is 1.68 bits per heavy atom. The highest BCUT2D eigenvalue weighted by molar-refractivity contribution is 5.87. The Labute approximate surface area is 226 Å². The average Bonchev–Trinajstić information content (AvgIpc) is 2.79. The topological polar surface area (TPSA) is 82.0 Å². The summed E-state index contributed by atoms with van der Waals surface area (Å²) in [5.74, 6) is 0.530. The van der Waals surface area contributed by atoms with Gasteiger partial charge in [0.25, 0.3) is 0 Å². The molecule has 1 aliphatic carbocycles. The fourth-order valence-corrected chi connectivity index (χ4v) is 5.35. The molecule has 37 heavy (non-hydrogen) atoms. The van der Waals surface area contributed by atoms with Crippen LogP contribution >= 0.6 is 0 Å². The minimum atomic E-state index is -0.870. The highest BCUT2D eigenvalue weighted by Crippen LogP contribution is 2.44. The zero-order chi connectivity index (χ0) is 28.1. The second-order valence-corrected chi connectivity index (χ2v) is 12.2. The first-order valence-corrected chi connectivity index (χ1v) is 14.0. The quantitative estimate of drug-likeness (QED) is 0.360. The number of aromatic carboxylic acids is 1. The monoisotopic (exact) mass is 515 g/mol. The smallest absolute Gasteiger partial charge is 0.335 e. The normalized spacial score (nSPS) is 22.5. The number of carbonyl (C=O) groups excluding carboxylic acids is 1. The Morgan fingerprint density at radius 1 is 1.16 bits per heavy atom. The van der Waals surface area contributed by atoms with Crippen LogP contribution in [0.3, 0.4) is 0 Å². The van der Waals surface area contributed by atoms with E-state index in [0.717, 1.165) is 38.1 Å². The Kier molecular flexibility index (Phi) is 14.3. The Morgan fingerprint density at radius 3 is 2.05 bits per heavy atom. The van der Waals surface area contributed by atoms with Gasteiger partial charge in [-0.3, -0.25) is 9.89 Å². The predicted octanol–water partition coefficient (Wildman–Crippen LogP) is 6.65. The van der Waals surface area contributed by atoms with Crippen molar-refractivity contribution in [1.82, 2.24) is 10.2 Å². The molecule has 6 heteroatoms. The standard InChI is InChI=1S/C27H44N2O2.C3H7N.CH2O/c1-8-28-27(17-15-23(16-18-27)26(4,5)6)19-29(7)24(14-9-20(2)3)21-10-12-22(13-11-21)25(30)31;1-2-4-3-1;1-2/h8,10-13,20,23-24H,9,14-19H2,1-7H3,(H,30,31);4H,1-3H2;1H2. The summed E-state index contributed by atoms with van der Waals surface area (Å²) in [6.07, 6.45) is 10.3. The van der Waals surface area contributed by atoms with Crippen LogP contribution in [0.4, 0.5) is 0 Å². The summed E-state index contributed by atoms with van der Waals surface area (Å²) in [4.78, 5) is 26.8. The van der Waals surface area contributed by atoms with Gasteiger partial charge in [0.05, 0.1) is 11.1 Å². The van der Waals surface area contributed by atoms with E-state index >= 15 is 0 Å². The van der Waals surface area contributed by atoms with Crippen LogP contribution in [0.1, 0.15) is 108 Å². The first kappa shape index (κ1) is 33.0. The molecule has 0 aromatic heterocycles. The minimum Gasteiger partial charge on any atom is -0.478 e. The Hall–Kier alpha value is -2.05. The maximum absolute atomic E-state index is 11.3. The van der Waals surface area contributed by atoms with Crippen molar-refractivity contribution >= 4 is 19.0 Å². The lowest BCUT2D eigenvalue weighted by Crippen LogP contribution is -2.45. The van der Waals surface area contributed by atoms with Crippen molar-refractivity contribution in [2.75, 3.05) is 26.7 Å². The van der Waals surface area contributed by atoms with E-state index in [4.69, 9.17) is 9.79 Å². The molecule has 1 saturated carbocycles. The molecule has 1 heterocycles.